The Labute approximate surface area is 119 Å². The van der Waals surface area contributed by atoms with Gasteiger partial charge in [0.1, 0.15) is 12.4 Å². The molecule has 3 rings (SSSR count). The highest BCUT2D eigenvalue weighted by Crippen LogP contribution is 2.32. The lowest BCUT2D eigenvalue weighted by Gasteiger charge is -2.19. The van der Waals surface area contributed by atoms with E-state index in [2.05, 4.69) is 0 Å². The number of aromatic nitrogens is 1. The lowest BCUT2D eigenvalue weighted by Crippen LogP contribution is -2.11. The van der Waals surface area contributed by atoms with Crippen molar-refractivity contribution in [3.8, 4) is 11.4 Å². The van der Waals surface area contributed by atoms with Gasteiger partial charge in [-0.15, -0.1) is 0 Å². The average Bonchev–Trinajstić information content (AvgIpc) is 2.99. The molecule has 0 unspecified atom stereocenters. The highest BCUT2D eigenvalue weighted by molar-refractivity contribution is 5.55. The first-order valence-corrected chi connectivity index (χ1v) is 6.83. The van der Waals surface area contributed by atoms with Crippen LogP contribution in [0.25, 0.3) is 5.69 Å². The van der Waals surface area contributed by atoms with Gasteiger partial charge >= 0.3 is 0 Å². The maximum absolute atomic E-state index is 10.7. The van der Waals surface area contributed by atoms with Crippen LogP contribution in [0.15, 0.2) is 36.5 Å². The lowest BCUT2D eigenvalue weighted by atomic mass is 10.2. The fourth-order valence-electron chi connectivity index (χ4n) is 1.85. The zero-order valence-corrected chi connectivity index (χ0v) is 12.3. The molecule has 20 heavy (non-hydrogen) atoms. The molecule has 0 spiro atoms. The normalized spacial score (nSPS) is 10.6. The van der Waals surface area contributed by atoms with E-state index in [1.165, 1.54) is 12.1 Å². The van der Waals surface area contributed by atoms with Crippen LogP contribution in [0.5, 0.6) is 5.75 Å². The number of non-ortho nitro benzene ring substituents is 1. The monoisotopic (exact) mass is 276 g/mol. The van der Waals surface area contributed by atoms with Crippen molar-refractivity contribution in [3.05, 3.63) is 52.3 Å². The van der Waals surface area contributed by atoms with Crippen molar-refractivity contribution >= 4 is 5.69 Å². The molecule has 5 nitrogen and oxygen atoms in total. The third-order valence-corrected chi connectivity index (χ3v) is 2.62. The zero-order chi connectivity index (χ0) is 15.1. The molecular weight excluding hydrogens is 256 g/mol. The largest absolute Gasteiger partial charge is 0.485 e. The Kier molecular flexibility index (Phi) is 5.77. The Morgan fingerprint density at radius 3 is 2.55 bits per heavy atom. The Balaban J connectivity index is 0.000000461. The molecule has 1 aromatic heterocycles. The van der Waals surface area contributed by atoms with E-state index in [9.17, 15) is 10.1 Å². The van der Waals surface area contributed by atoms with Crippen molar-refractivity contribution in [2.24, 2.45) is 0 Å². The Hall–Kier alpha value is -2.30. The van der Waals surface area contributed by atoms with Crippen LogP contribution in [-0.2, 0) is 6.61 Å². The van der Waals surface area contributed by atoms with Gasteiger partial charge in [-0.05, 0) is 18.2 Å². The van der Waals surface area contributed by atoms with Crippen LogP contribution in [0.4, 0.5) is 5.69 Å². The van der Waals surface area contributed by atoms with E-state index in [1.807, 2.05) is 50.6 Å². The number of rotatable bonds is 1. The summed E-state index contributed by atoms with van der Waals surface area (Å²) in [5, 5.41) is 10.7. The number of benzene rings is 1. The molecule has 0 N–H and O–H groups in total. The highest BCUT2D eigenvalue weighted by Gasteiger charge is 2.18. The summed E-state index contributed by atoms with van der Waals surface area (Å²) in [5.41, 5.74) is 1.79. The summed E-state index contributed by atoms with van der Waals surface area (Å²) in [7, 11) is 0. The minimum Gasteiger partial charge on any atom is -0.485 e. The quantitative estimate of drug-likeness (QED) is 0.575. The third-order valence-electron chi connectivity index (χ3n) is 2.62. The summed E-state index contributed by atoms with van der Waals surface area (Å²) in [6.45, 7) is 8.50. The first kappa shape index (κ1) is 15.8. The van der Waals surface area contributed by atoms with Crippen LogP contribution in [0.3, 0.4) is 0 Å². The number of fused-ring (bicyclic) bond motifs is 3. The molecule has 0 saturated carbocycles. The maximum Gasteiger partial charge on any atom is 0.271 e. The van der Waals surface area contributed by atoms with E-state index < -0.39 is 4.92 Å². The number of nitro benzene ring substituents is 1. The van der Waals surface area contributed by atoms with Crippen molar-refractivity contribution in [2.75, 3.05) is 0 Å². The Morgan fingerprint density at radius 2 is 1.90 bits per heavy atom. The molecule has 0 amide bonds. The predicted octanol–water partition coefficient (Wildman–Crippen LogP) is 4.33. The number of nitro groups is 1. The lowest BCUT2D eigenvalue weighted by molar-refractivity contribution is -0.384. The summed E-state index contributed by atoms with van der Waals surface area (Å²) >= 11 is 0. The van der Waals surface area contributed by atoms with Gasteiger partial charge in [0.15, 0.2) is 0 Å². The Morgan fingerprint density at radius 1 is 1.20 bits per heavy atom. The van der Waals surface area contributed by atoms with Crippen molar-refractivity contribution in [2.45, 2.75) is 34.3 Å². The van der Waals surface area contributed by atoms with Gasteiger partial charge in [-0.25, -0.2) is 0 Å². The van der Waals surface area contributed by atoms with E-state index in [-0.39, 0.29) is 5.69 Å². The van der Waals surface area contributed by atoms with Crippen LogP contribution in [-0.4, -0.2) is 9.49 Å². The van der Waals surface area contributed by atoms with E-state index in [1.54, 1.807) is 6.07 Å². The smallest absolute Gasteiger partial charge is 0.271 e. The fourth-order valence-corrected chi connectivity index (χ4v) is 1.85. The van der Waals surface area contributed by atoms with Gasteiger partial charge in [0, 0.05) is 18.3 Å². The molecule has 108 valence electrons. The van der Waals surface area contributed by atoms with Gasteiger partial charge in [0.25, 0.3) is 5.69 Å². The molecule has 0 atom stereocenters. The van der Waals surface area contributed by atoms with Gasteiger partial charge in [0.2, 0.25) is 0 Å². The molecule has 5 heteroatoms. The second-order valence-corrected chi connectivity index (χ2v) is 3.57. The van der Waals surface area contributed by atoms with Gasteiger partial charge in [-0.1, -0.05) is 27.7 Å². The van der Waals surface area contributed by atoms with Crippen LogP contribution < -0.4 is 4.74 Å². The topological polar surface area (TPSA) is 57.3 Å². The van der Waals surface area contributed by atoms with Gasteiger partial charge in [-0.3, -0.25) is 10.1 Å². The molecule has 0 fully saturated rings. The molecule has 2 aromatic rings. The third kappa shape index (κ3) is 2.99. The van der Waals surface area contributed by atoms with Crippen molar-refractivity contribution < 1.29 is 9.66 Å². The summed E-state index contributed by atoms with van der Waals surface area (Å²) < 4.78 is 7.41. The van der Waals surface area contributed by atoms with Crippen molar-refractivity contribution in [3.63, 3.8) is 0 Å². The molecule has 1 aliphatic heterocycles. The van der Waals surface area contributed by atoms with E-state index in [0.717, 1.165) is 11.4 Å². The zero-order valence-electron chi connectivity index (χ0n) is 12.3. The summed E-state index contributed by atoms with van der Waals surface area (Å²) in [4.78, 5) is 10.3. The molecular formula is C15H20N2O3. The molecule has 1 aromatic carbocycles. The number of nitrogens with zero attached hydrogens (tertiary/aromatic N) is 2. The molecule has 0 aliphatic carbocycles. The molecule has 0 bridgehead atoms. The van der Waals surface area contributed by atoms with E-state index >= 15 is 0 Å². The van der Waals surface area contributed by atoms with E-state index in [0.29, 0.717) is 12.4 Å². The summed E-state index contributed by atoms with van der Waals surface area (Å²) in [6, 6.07) is 8.44. The predicted molar refractivity (Wildman–Crippen MR) is 79.5 cm³/mol. The number of hydrogen-bond donors (Lipinski definition) is 0. The van der Waals surface area contributed by atoms with Crippen LogP contribution in [0, 0.1) is 10.1 Å². The first-order chi connectivity index (χ1) is 9.75. The van der Waals surface area contributed by atoms with Gasteiger partial charge in [-0.2, -0.15) is 0 Å². The maximum atomic E-state index is 10.7. The SMILES string of the molecule is CC.CC.O=[N+]([O-])c1ccc2c(c1)-n1cccc1CO2. The molecule has 0 radical (unpaired) electrons. The van der Waals surface area contributed by atoms with Crippen LogP contribution in [0.1, 0.15) is 33.4 Å². The molecule has 2 heterocycles. The number of ether oxygens (including phenoxy) is 1. The summed E-state index contributed by atoms with van der Waals surface area (Å²) in [5.74, 6) is 0.675. The van der Waals surface area contributed by atoms with Crippen LogP contribution in [0.2, 0.25) is 0 Å². The highest BCUT2D eigenvalue weighted by atomic mass is 16.6. The van der Waals surface area contributed by atoms with Gasteiger partial charge < -0.3 is 9.30 Å². The second-order valence-electron chi connectivity index (χ2n) is 3.57. The second kappa shape index (κ2) is 7.33. The minimum atomic E-state index is -0.405. The molecule has 1 aliphatic rings. The first-order valence-electron chi connectivity index (χ1n) is 6.83. The average molecular weight is 276 g/mol. The fraction of sp³-hybridized carbons (Fsp3) is 0.333. The van der Waals surface area contributed by atoms with Crippen LogP contribution >= 0.6 is 0 Å². The number of hydrogen-bond acceptors (Lipinski definition) is 3. The van der Waals surface area contributed by atoms with Gasteiger partial charge in [0.05, 0.1) is 16.3 Å². The van der Waals surface area contributed by atoms with Crippen molar-refractivity contribution in [1.29, 1.82) is 0 Å². The van der Waals surface area contributed by atoms with E-state index in [4.69, 9.17) is 4.74 Å². The Bertz CT molecular complexity index is 576. The minimum absolute atomic E-state index is 0.0731. The molecule has 0 saturated heterocycles. The van der Waals surface area contributed by atoms with Crippen molar-refractivity contribution in [1.82, 2.24) is 4.57 Å². The summed E-state index contributed by atoms with van der Waals surface area (Å²) in [6.07, 6.45) is 1.88. The standard InChI is InChI=1S/C11H8N2O3.2C2H6/c14-13(15)8-3-4-11-10(6-8)12-5-1-2-9(12)7-16-11;2*1-2/h1-6H,7H2;2*1-2H3.